The first-order valence-corrected chi connectivity index (χ1v) is 7.91. The second kappa shape index (κ2) is 7.35. The van der Waals surface area contributed by atoms with Crippen LogP contribution in [0.1, 0.15) is 25.3 Å². The molecule has 0 amide bonds. The van der Waals surface area contributed by atoms with Crippen LogP contribution in [0, 0.1) is 11.8 Å². The van der Waals surface area contributed by atoms with Crippen molar-refractivity contribution in [3.8, 4) is 5.88 Å². The fourth-order valence-electron chi connectivity index (χ4n) is 4.58. The number of fused-ring (bicyclic) bond motifs is 5. The van der Waals surface area contributed by atoms with Crippen LogP contribution in [0.2, 0.25) is 0 Å². The van der Waals surface area contributed by atoms with Gasteiger partial charge >= 0.3 is 0 Å². The number of nitrogens with zero attached hydrogens (tertiary/aromatic N) is 2. The third-order valence-electron chi connectivity index (χ3n) is 5.36. The minimum atomic E-state index is 0. The van der Waals surface area contributed by atoms with Crippen molar-refractivity contribution in [2.75, 3.05) is 19.7 Å². The van der Waals surface area contributed by atoms with Crippen molar-refractivity contribution < 1.29 is 4.74 Å². The fraction of sp³-hybridized carbons (Fsp3) is 0.688. The maximum atomic E-state index is 5.41. The quantitative estimate of drug-likeness (QED) is 0.909. The van der Waals surface area contributed by atoms with E-state index in [2.05, 4.69) is 21.3 Å². The van der Waals surface area contributed by atoms with E-state index >= 15 is 0 Å². The molecule has 2 bridgehead atoms. The smallest absolute Gasteiger partial charge is 0.213 e. The second-order valence-corrected chi connectivity index (χ2v) is 6.31. The van der Waals surface area contributed by atoms with Gasteiger partial charge in [-0.1, -0.05) is 6.07 Å². The topological polar surface area (TPSA) is 37.4 Å². The first-order chi connectivity index (χ1) is 9.86. The van der Waals surface area contributed by atoms with Crippen molar-refractivity contribution in [3.63, 3.8) is 0 Å². The summed E-state index contributed by atoms with van der Waals surface area (Å²) in [5, 5.41) is 3.58. The van der Waals surface area contributed by atoms with Crippen molar-refractivity contribution in [1.82, 2.24) is 15.2 Å². The Morgan fingerprint density at radius 3 is 2.41 bits per heavy atom. The molecule has 4 rings (SSSR count). The Balaban J connectivity index is 0.000000882. The van der Waals surface area contributed by atoms with Crippen molar-refractivity contribution in [1.29, 1.82) is 0 Å². The molecule has 3 aliphatic rings. The molecule has 4 heterocycles. The van der Waals surface area contributed by atoms with E-state index in [1.165, 1.54) is 31.5 Å². The Morgan fingerprint density at radius 1 is 1.18 bits per heavy atom. The van der Waals surface area contributed by atoms with E-state index < -0.39 is 0 Å². The number of rotatable bonds is 4. The van der Waals surface area contributed by atoms with Crippen LogP contribution in [-0.2, 0) is 6.54 Å². The van der Waals surface area contributed by atoms with Gasteiger partial charge in [-0.25, -0.2) is 4.98 Å². The van der Waals surface area contributed by atoms with Gasteiger partial charge in [0.15, 0.2) is 0 Å². The van der Waals surface area contributed by atoms with E-state index in [0.717, 1.165) is 36.3 Å². The molecule has 0 unspecified atom stereocenters. The summed E-state index contributed by atoms with van der Waals surface area (Å²) in [6, 6.07) is 5.77. The molecule has 6 heteroatoms. The van der Waals surface area contributed by atoms with Gasteiger partial charge in [0.05, 0.1) is 6.61 Å². The van der Waals surface area contributed by atoms with Crippen LogP contribution in [0.15, 0.2) is 18.3 Å². The number of pyridine rings is 1. The summed E-state index contributed by atoms with van der Waals surface area (Å²) >= 11 is 0. The average Bonchev–Trinajstić information content (AvgIpc) is 3.14. The van der Waals surface area contributed by atoms with Gasteiger partial charge in [0.25, 0.3) is 0 Å². The zero-order valence-corrected chi connectivity index (χ0v) is 14.5. The highest BCUT2D eigenvalue weighted by Crippen LogP contribution is 2.47. The molecule has 124 valence electrons. The highest BCUT2D eigenvalue weighted by atomic mass is 35.5. The third-order valence-corrected chi connectivity index (χ3v) is 5.36. The minimum absolute atomic E-state index is 0. The van der Waals surface area contributed by atoms with Crippen molar-refractivity contribution in [2.45, 2.75) is 38.4 Å². The SMILES string of the molecule is CCOc1ccc(CN2[C@@H]3CC[C@H]2[C@H]2CNC[C@H]23)cn1.Cl.Cl. The van der Waals surface area contributed by atoms with E-state index in [0.29, 0.717) is 6.61 Å². The Kier molecular flexibility index (Phi) is 5.94. The zero-order chi connectivity index (χ0) is 13.5. The summed E-state index contributed by atoms with van der Waals surface area (Å²) in [6.07, 6.45) is 4.76. The fourth-order valence-corrected chi connectivity index (χ4v) is 4.58. The summed E-state index contributed by atoms with van der Waals surface area (Å²) in [4.78, 5) is 7.14. The molecular formula is C16H25Cl2N3O. The van der Waals surface area contributed by atoms with Crippen molar-refractivity contribution >= 4 is 24.8 Å². The molecule has 22 heavy (non-hydrogen) atoms. The lowest BCUT2D eigenvalue weighted by Crippen LogP contribution is -2.33. The minimum Gasteiger partial charge on any atom is -0.478 e. The molecule has 4 atom stereocenters. The van der Waals surface area contributed by atoms with Crippen LogP contribution in [0.4, 0.5) is 0 Å². The summed E-state index contributed by atoms with van der Waals surface area (Å²) in [7, 11) is 0. The van der Waals surface area contributed by atoms with Gasteiger partial charge in [0.1, 0.15) is 0 Å². The molecule has 3 saturated heterocycles. The van der Waals surface area contributed by atoms with Gasteiger partial charge in [0.2, 0.25) is 5.88 Å². The largest absolute Gasteiger partial charge is 0.478 e. The maximum absolute atomic E-state index is 5.41. The number of hydrogen-bond acceptors (Lipinski definition) is 4. The van der Waals surface area contributed by atoms with Crippen LogP contribution in [-0.4, -0.2) is 41.7 Å². The lowest BCUT2D eigenvalue weighted by molar-refractivity contribution is 0.218. The molecule has 3 aliphatic heterocycles. The Bertz CT molecular complexity index is 467. The lowest BCUT2D eigenvalue weighted by atomic mass is 9.82. The number of halogens is 2. The molecule has 0 saturated carbocycles. The van der Waals surface area contributed by atoms with Gasteiger partial charge in [-0.3, -0.25) is 4.90 Å². The van der Waals surface area contributed by atoms with Crippen LogP contribution >= 0.6 is 24.8 Å². The molecule has 0 spiro atoms. The Labute approximate surface area is 144 Å². The first kappa shape index (κ1) is 17.8. The number of aromatic nitrogens is 1. The summed E-state index contributed by atoms with van der Waals surface area (Å²) in [5.74, 6) is 2.52. The zero-order valence-electron chi connectivity index (χ0n) is 12.9. The Morgan fingerprint density at radius 2 is 1.86 bits per heavy atom. The van der Waals surface area contributed by atoms with Crippen LogP contribution < -0.4 is 10.1 Å². The van der Waals surface area contributed by atoms with Crippen LogP contribution in [0.3, 0.4) is 0 Å². The lowest BCUT2D eigenvalue weighted by Gasteiger charge is -2.24. The third kappa shape index (κ3) is 2.94. The monoisotopic (exact) mass is 345 g/mol. The summed E-state index contributed by atoms with van der Waals surface area (Å²) in [6.45, 7) is 6.18. The molecule has 3 fully saturated rings. The van der Waals surface area contributed by atoms with Crippen molar-refractivity contribution in [2.24, 2.45) is 11.8 Å². The van der Waals surface area contributed by atoms with Gasteiger partial charge in [0, 0.05) is 30.9 Å². The van der Waals surface area contributed by atoms with Gasteiger partial charge in [-0.2, -0.15) is 0 Å². The van der Waals surface area contributed by atoms with Crippen LogP contribution in [0.25, 0.3) is 0 Å². The highest BCUT2D eigenvalue weighted by molar-refractivity contribution is 5.85. The van der Waals surface area contributed by atoms with Crippen LogP contribution in [0.5, 0.6) is 5.88 Å². The molecule has 0 aromatic carbocycles. The molecule has 1 N–H and O–H groups in total. The predicted octanol–water partition coefficient (Wildman–Crippen LogP) is 2.51. The van der Waals surface area contributed by atoms with Gasteiger partial charge < -0.3 is 10.1 Å². The number of nitrogens with one attached hydrogen (secondary N) is 1. The summed E-state index contributed by atoms with van der Waals surface area (Å²) in [5.41, 5.74) is 1.32. The van der Waals surface area contributed by atoms with E-state index in [9.17, 15) is 0 Å². The maximum Gasteiger partial charge on any atom is 0.213 e. The molecule has 1 aromatic heterocycles. The predicted molar refractivity (Wildman–Crippen MR) is 92.1 cm³/mol. The molecule has 0 radical (unpaired) electrons. The van der Waals surface area contributed by atoms with Gasteiger partial charge in [-0.05, 0) is 50.3 Å². The van der Waals surface area contributed by atoms with E-state index in [-0.39, 0.29) is 24.8 Å². The van der Waals surface area contributed by atoms with E-state index in [4.69, 9.17) is 4.74 Å². The first-order valence-electron chi connectivity index (χ1n) is 7.91. The molecule has 4 nitrogen and oxygen atoms in total. The number of hydrogen-bond donors (Lipinski definition) is 1. The standard InChI is InChI=1S/C16H23N3O.2ClH/c1-2-20-16-6-3-11(7-18-16)10-19-14-4-5-15(19)13-9-17-8-12(13)14;;/h3,6-7,12-15,17H,2,4-5,8-10H2,1H3;2*1H/t12-,13+,14-,15+;;. The van der Waals surface area contributed by atoms with E-state index in [1.807, 2.05) is 19.2 Å². The second-order valence-electron chi connectivity index (χ2n) is 6.31. The number of ether oxygens (including phenoxy) is 1. The average molecular weight is 346 g/mol. The molecule has 0 aliphatic carbocycles. The highest BCUT2D eigenvalue weighted by Gasteiger charge is 2.54. The van der Waals surface area contributed by atoms with Crippen molar-refractivity contribution in [3.05, 3.63) is 23.9 Å². The molecular weight excluding hydrogens is 321 g/mol. The van der Waals surface area contributed by atoms with E-state index in [1.54, 1.807) is 0 Å². The normalized spacial score (nSPS) is 32.2. The molecule has 1 aromatic rings. The summed E-state index contributed by atoms with van der Waals surface area (Å²) < 4.78 is 5.41. The Hall–Kier alpha value is -0.550. The van der Waals surface area contributed by atoms with Gasteiger partial charge in [-0.15, -0.1) is 24.8 Å².